The quantitative estimate of drug-likeness (QED) is 0.706. The largest absolute Gasteiger partial charge is 0.391 e. The molecule has 0 unspecified atom stereocenters. The fourth-order valence-corrected chi connectivity index (χ4v) is 2.85. The Bertz CT molecular complexity index is 474. The van der Waals surface area contributed by atoms with Gasteiger partial charge in [0, 0.05) is 31.2 Å². The molecule has 23 heavy (non-hydrogen) atoms. The average molecular weight is 320 g/mol. The molecular weight excluding hydrogens is 292 g/mol. The maximum absolute atomic E-state index is 12.2. The van der Waals surface area contributed by atoms with E-state index in [1.54, 1.807) is 0 Å². The Morgan fingerprint density at radius 3 is 2.65 bits per heavy atom. The van der Waals surface area contributed by atoms with E-state index in [2.05, 4.69) is 5.32 Å². The molecule has 0 radical (unpaired) electrons. The molecule has 128 valence electrons. The van der Waals surface area contributed by atoms with E-state index in [1.807, 2.05) is 37.3 Å². The molecule has 1 aromatic carbocycles. The lowest BCUT2D eigenvalue weighted by Gasteiger charge is -2.26. The van der Waals surface area contributed by atoms with Crippen LogP contribution in [0.5, 0.6) is 0 Å². The van der Waals surface area contributed by atoms with Gasteiger partial charge in [-0.25, -0.2) is 0 Å². The van der Waals surface area contributed by atoms with Crippen LogP contribution in [0, 0.1) is 5.92 Å². The lowest BCUT2D eigenvalue weighted by Crippen LogP contribution is -2.44. The second kappa shape index (κ2) is 9.01. The third-order valence-electron chi connectivity index (χ3n) is 4.42. The fraction of sp³-hybridized carbons (Fsp3) is 0.611. The van der Waals surface area contributed by atoms with Crippen molar-refractivity contribution in [1.29, 1.82) is 0 Å². The SMILES string of the molecule is C[C@H](C[C@H](O)[C@@H](N)Cc1ccccc1)C(=O)NC1CCOCC1. The Kier molecular flexibility index (Phi) is 7.02. The molecule has 1 aliphatic heterocycles. The maximum Gasteiger partial charge on any atom is 0.223 e. The van der Waals surface area contributed by atoms with Crippen LogP contribution in [0.1, 0.15) is 31.7 Å². The van der Waals surface area contributed by atoms with Gasteiger partial charge in [0.25, 0.3) is 0 Å². The zero-order valence-corrected chi connectivity index (χ0v) is 13.8. The number of rotatable bonds is 7. The van der Waals surface area contributed by atoms with Crippen LogP contribution in [0.4, 0.5) is 0 Å². The van der Waals surface area contributed by atoms with Crippen molar-refractivity contribution in [2.45, 2.75) is 50.8 Å². The molecule has 4 N–H and O–H groups in total. The number of carbonyl (C=O) groups excluding carboxylic acids is 1. The van der Waals surface area contributed by atoms with Crippen LogP contribution in [-0.2, 0) is 16.0 Å². The molecule has 0 spiro atoms. The molecule has 2 rings (SSSR count). The molecule has 0 saturated carbocycles. The monoisotopic (exact) mass is 320 g/mol. The van der Waals surface area contributed by atoms with Crippen molar-refractivity contribution in [3.05, 3.63) is 35.9 Å². The van der Waals surface area contributed by atoms with Crippen LogP contribution < -0.4 is 11.1 Å². The number of ether oxygens (including phenoxy) is 1. The number of hydrogen-bond acceptors (Lipinski definition) is 4. The van der Waals surface area contributed by atoms with E-state index in [4.69, 9.17) is 10.5 Å². The molecule has 1 heterocycles. The van der Waals surface area contributed by atoms with Crippen molar-refractivity contribution >= 4 is 5.91 Å². The smallest absolute Gasteiger partial charge is 0.223 e. The highest BCUT2D eigenvalue weighted by molar-refractivity contribution is 5.78. The predicted molar refractivity (Wildman–Crippen MR) is 89.9 cm³/mol. The van der Waals surface area contributed by atoms with E-state index in [0.29, 0.717) is 26.1 Å². The molecule has 1 aliphatic rings. The number of amides is 1. The van der Waals surface area contributed by atoms with Gasteiger partial charge in [-0.15, -0.1) is 0 Å². The summed E-state index contributed by atoms with van der Waals surface area (Å²) in [6.45, 7) is 3.24. The Balaban J connectivity index is 1.76. The Labute approximate surface area is 138 Å². The highest BCUT2D eigenvalue weighted by Gasteiger charge is 2.24. The van der Waals surface area contributed by atoms with E-state index in [1.165, 1.54) is 0 Å². The minimum atomic E-state index is -0.689. The van der Waals surface area contributed by atoms with E-state index in [9.17, 15) is 9.90 Å². The van der Waals surface area contributed by atoms with Crippen LogP contribution in [0.2, 0.25) is 0 Å². The minimum Gasteiger partial charge on any atom is -0.391 e. The van der Waals surface area contributed by atoms with Gasteiger partial charge >= 0.3 is 0 Å². The number of hydrogen-bond donors (Lipinski definition) is 3. The van der Waals surface area contributed by atoms with E-state index >= 15 is 0 Å². The van der Waals surface area contributed by atoms with Crippen LogP contribution in [0.15, 0.2) is 30.3 Å². The number of benzene rings is 1. The normalized spacial score (nSPS) is 19.8. The first-order valence-corrected chi connectivity index (χ1v) is 8.42. The molecule has 1 fully saturated rings. The van der Waals surface area contributed by atoms with Gasteiger partial charge in [-0.2, -0.15) is 0 Å². The second-order valence-electron chi connectivity index (χ2n) is 6.45. The molecule has 0 aromatic heterocycles. The number of nitrogens with two attached hydrogens (primary N) is 1. The summed E-state index contributed by atoms with van der Waals surface area (Å²) in [7, 11) is 0. The number of aliphatic hydroxyl groups is 1. The third-order valence-corrected chi connectivity index (χ3v) is 4.42. The third kappa shape index (κ3) is 5.94. The van der Waals surface area contributed by atoms with E-state index < -0.39 is 6.10 Å². The summed E-state index contributed by atoms with van der Waals surface area (Å²) in [5.41, 5.74) is 7.18. The van der Waals surface area contributed by atoms with Gasteiger partial charge in [0.05, 0.1) is 6.10 Å². The van der Waals surface area contributed by atoms with Gasteiger partial charge in [0.15, 0.2) is 0 Å². The van der Waals surface area contributed by atoms with Crippen LogP contribution in [0.3, 0.4) is 0 Å². The molecule has 5 nitrogen and oxygen atoms in total. The van der Waals surface area contributed by atoms with Gasteiger partial charge in [-0.05, 0) is 31.2 Å². The maximum atomic E-state index is 12.2. The van der Waals surface area contributed by atoms with Gasteiger partial charge < -0.3 is 20.9 Å². The molecule has 1 saturated heterocycles. The van der Waals surface area contributed by atoms with E-state index in [0.717, 1.165) is 18.4 Å². The highest BCUT2D eigenvalue weighted by Crippen LogP contribution is 2.14. The summed E-state index contributed by atoms with van der Waals surface area (Å²) >= 11 is 0. The van der Waals surface area contributed by atoms with Gasteiger partial charge in [0.1, 0.15) is 0 Å². The number of carbonyl (C=O) groups is 1. The molecule has 0 bridgehead atoms. The van der Waals surface area contributed by atoms with Crippen LogP contribution in [0.25, 0.3) is 0 Å². The van der Waals surface area contributed by atoms with Crippen molar-refractivity contribution in [1.82, 2.24) is 5.32 Å². The van der Waals surface area contributed by atoms with Crippen molar-refractivity contribution < 1.29 is 14.6 Å². The highest BCUT2D eigenvalue weighted by atomic mass is 16.5. The minimum absolute atomic E-state index is 0.0112. The first-order chi connectivity index (χ1) is 11.1. The summed E-state index contributed by atoms with van der Waals surface area (Å²) in [4.78, 5) is 12.2. The summed E-state index contributed by atoms with van der Waals surface area (Å²) < 4.78 is 5.29. The summed E-state index contributed by atoms with van der Waals surface area (Å²) in [5.74, 6) is -0.266. The van der Waals surface area contributed by atoms with Crippen molar-refractivity contribution in [3.63, 3.8) is 0 Å². The summed E-state index contributed by atoms with van der Waals surface area (Å²) in [5, 5.41) is 13.3. The lowest BCUT2D eigenvalue weighted by atomic mass is 9.94. The van der Waals surface area contributed by atoms with Gasteiger partial charge in [-0.1, -0.05) is 37.3 Å². The van der Waals surface area contributed by atoms with Gasteiger partial charge in [-0.3, -0.25) is 4.79 Å². The summed E-state index contributed by atoms with van der Waals surface area (Å²) in [6.07, 6.45) is 2.01. The standard InChI is InChI=1S/C18H28N2O3/c1-13(18(22)20-15-7-9-23-10-8-15)11-17(21)16(19)12-14-5-3-2-4-6-14/h2-6,13,15-17,21H,7-12,19H2,1H3,(H,20,22)/t13-,16+,17+/m1/s1. The fourth-order valence-electron chi connectivity index (χ4n) is 2.85. The lowest BCUT2D eigenvalue weighted by molar-refractivity contribution is -0.126. The molecular formula is C18H28N2O3. The van der Waals surface area contributed by atoms with Crippen molar-refractivity contribution in [3.8, 4) is 0 Å². The Hall–Kier alpha value is -1.43. The average Bonchev–Trinajstić information content (AvgIpc) is 2.56. The molecule has 5 heteroatoms. The Morgan fingerprint density at radius 1 is 1.35 bits per heavy atom. The zero-order valence-electron chi connectivity index (χ0n) is 13.8. The summed E-state index contributed by atoms with van der Waals surface area (Å²) in [6, 6.07) is 9.68. The molecule has 1 aromatic rings. The molecule has 0 aliphatic carbocycles. The second-order valence-corrected chi connectivity index (χ2v) is 6.45. The van der Waals surface area contributed by atoms with Crippen LogP contribution >= 0.6 is 0 Å². The first-order valence-electron chi connectivity index (χ1n) is 8.42. The van der Waals surface area contributed by atoms with Crippen molar-refractivity contribution in [2.24, 2.45) is 11.7 Å². The first kappa shape index (κ1) is 17.9. The number of aliphatic hydroxyl groups excluding tert-OH is 1. The molecule has 3 atom stereocenters. The topological polar surface area (TPSA) is 84.6 Å². The molecule has 1 amide bonds. The number of nitrogens with one attached hydrogen (secondary N) is 1. The van der Waals surface area contributed by atoms with Crippen LogP contribution in [-0.4, -0.2) is 42.4 Å². The van der Waals surface area contributed by atoms with Crippen molar-refractivity contribution in [2.75, 3.05) is 13.2 Å². The Morgan fingerprint density at radius 2 is 2.00 bits per heavy atom. The zero-order chi connectivity index (χ0) is 16.7. The van der Waals surface area contributed by atoms with Gasteiger partial charge in [0.2, 0.25) is 5.91 Å². The predicted octanol–water partition coefficient (Wildman–Crippen LogP) is 1.24. The van der Waals surface area contributed by atoms with E-state index in [-0.39, 0.29) is 23.9 Å².